The fourth-order valence-electron chi connectivity index (χ4n) is 2.26. The number of carbonyl (C=O) groups is 1. The van der Waals surface area contributed by atoms with Crippen molar-refractivity contribution in [2.45, 2.75) is 13.8 Å². The molecular weight excluding hydrogens is 252 g/mol. The highest BCUT2D eigenvalue weighted by Gasteiger charge is 2.16. The van der Waals surface area contributed by atoms with E-state index in [-0.39, 0.29) is 5.78 Å². The molecule has 0 unspecified atom stereocenters. The molecule has 0 atom stereocenters. The second kappa shape index (κ2) is 5.78. The SMILES string of the molecule is COc1cc(OC)cc(C(=O)c2c(C)cccc2C)c1. The van der Waals surface area contributed by atoms with Gasteiger partial charge in [0.2, 0.25) is 0 Å². The Labute approximate surface area is 119 Å². The zero-order chi connectivity index (χ0) is 14.7. The number of ether oxygens (including phenoxy) is 2. The molecule has 0 N–H and O–H groups in total. The smallest absolute Gasteiger partial charge is 0.193 e. The number of rotatable bonds is 4. The van der Waals surface area contributed by atoms with Crippen LogP contribution in [0.1, 0.15) is 27.0 Å². The first-order chi connectivity index (χ1) is 9.56. The summed E-state index contributed by atoms with van der Waals surface area (Å²) in [5, 5.41) is 0. The van der Waals surface area contributed by atoms with E-state index in [1.54, 1.807) is 32.4 Å². The van der Waals surface area contributed by atoms with E-state index < -0.39 is 0 Å². The lowest BCUT2D eigenvalue weighted by Crippen LogP contribution is -2.07. The van der Waals surface area contributed by atoms with Gasteiger partial charge >= 0.3 is 0 Å². The molecule has 0 fully saturated rings. The van der Waals surface area contributed by atoms with Crippen molar-refractivity contribution in [3.8, 4) is 11.5 Å². The molecule has 0 aromatic heterocycles. The molecule has 3 heteroatoms. The topological polar surface area (TPSA) is 35.5 Å². The number of aryl methyl sites for hydroxylation is 2. The molecule has 0 aliphatic heterocycles. The van der Waals surface area contributed by atoms with Gasteiger partial charge < -0.3 is 9.47 Å². The normalized spacial score (nSPS) is 10.2. The molecule has 0 heterocycles. The first-order valence-electron chi connectivity index (χ1n) is 6.40. The maximum absolute atomic E-state index is 12.7. The van der Waals surface area contributed by atoms with Crippen molar-refractivity contribution in [3.63, 3.8) is 0 Å². The minimum Gasteiger partial charge on any atom is -0.497 e. The van der Waals surface area contributed by atoms with Crippen LogP contribution in [-0.4, -0.2) is 20.0 Å². The molecular formula is C17H18O3. The highest BCUT2D eigenvalue weighted by Crippen LogP contribution is 2.26. The fourth-order valence-corrected chi connectivity index (χ4v) is 2.26. The lowest BCUT2D eigenvalue weighted by atomic mass is 9.95. The quantitative estimate of drug-likeness (QED) is 0.797. The minimum atomic E-state index is -0.0159. The van der Waals surface area contributed by atoms with E-state index >= 15 is 0 Å². The summed E-state index contributed by atoms with van der Waals surface area (Å²) in [6.45, 7) is 3.88. The highest BCUT2D eigenvalue weighted by atomic mass is 16.5. The minimum absolute atomic E-state index is 0.0159. The summed E-state index contributed by atoms with van der Waals surface area (Å²) in [4.78, 5) is 12.7. The van der Waals surface area contributed by atoms with Gasteiger partial charge in [-0.2, -0.15) is 0 Å². The predicted molar refractivity (Wildman–Crippen MR) is 78.9 cm³/mol. The average molecular weight is 270 g/mol. The molecule has 0 radical (unpaired) electrons. The summed E-state index contributed by atoms with van der Waals surface area (Å²) in [7, 11) is 3.14. The van der Waals surface area contributed by atoms with Gasteiger partial charge in [0.05, 0.1) is 14.2 Å². The molecule has 3 nitrogen and oxygen atoms in total. The monoisotopic (exact) mass is 270 g/mol. The summed E-state index contributed by atoms with van der Waals surface area (Å²) in [5.41, 5.74) is 3.25. The standard InChI is InChI=1S/C17H18O3/c1-11-6-5-7-12(2)16(11)17(18)13-8-14(19-3)10-15(9-13)20-4/h5-10H,1-4H3. The fraction of sp³-hybridized carbons (Fsp3) is 0.235. The number of benzene rings is 2. The molecule has 0 saturated carbocycles. The van der Waals surface area contributed by atoms with Crippen LogP contribution in [0.3, 0.4) is 0 Å². The second-order valence-electron chi connectivity index (χ2n) is 4.70. The third-order valence-corrected chi connectivity index (χ3v) is 3.32. The van der Waals surface area contributed by atoms with Crippen LogP contribution in [0.5, 0.6) is 11.5 Å². The van der Waals surface area contributed by atoms with Gasteiger partial charge in [-0.1, -0.05) is 18.2 Å². The Morgan fingerprint density at radius 3 is 1.85 bits per heavy atom. The van der Waals surface area contributed by atoms with Crippen molar-refractivity contribution in [1.82, 2.24) is 0 Å². The third kappa shape index (κ3) is 2.67. The van der Waals surface area contributed by atoms with Crippen molar-refractivity contribution in [1.29, 1.82) is 0 Å². The van der Waals surface area contributed by atoms with Crippen molar-refractivity contribution < 1.29 is 14.3 Å². The summed E-state index contributed by atoms with van der Waals surface area (Å²) < 4.78 is 10.4. The number of hydrogen-bond donors (Lipinski definition) is 0. The molecule has 2 rings (SSSR count). The Bertz CT molecular complexity index is 602. The number of hydrogen-bond acceptors (Lipinski definition) is 3. The Balaban J connectivity index is 2.53. The third-order valence-electron chi connectivity index (χ3n) is 3.32. The van der Waals surface area contributed by atoms with Crippen molar-refractivity contribution in [2.24, 2.45) is 0 Å². The van der Waals surface area contributed by atoms with Crippen LogP contribution < -0.4 is 9.47 Å². The average Bonchev–Trinajstić information content (AvgIpc) is 2.46. The van der Waals surface area contributed by atoms with Gasteiger partial charge in [-0.3, -0.25) is 4.79 Å². The number of ketones is 1. The van der Waals surface area contributed by atoms with E-state index in [1.165, 1.54) is 0 Å². The van der Waals surface area contributed by atoms with Gasteiger partial charge in [0.25, 0.3) is 0 Å². The van der Waals surface area contributed by atoms with Crippen molar-refractivity contribution in [2.75, 3.05) is 14.2 Å². The van der Waals surface area contributed by atoms with E-state index in [2.05, 4.69) is 0 Å². The first-order valence-corrected chi connectivity index (χ1v) is 6.40. The van der Waals surface area contributed by atoms with Crippen molar-refractivity contribution in [3.05, 3.63) is 58.7 Å². The van der Waals surface area contributed by atoms with Gasteiger partial charge in [0.1, 0.15) is 11.5 Å². The summed E-state index contributed by atoms with van der Waals surface area (Å²) in [5.74, 6) is 1.20. The molecule has 0 spiro atoms. The molecule has 2 aromatic rings. The first kappa shape index (κ1) is 14.1. The maximum atomic E-state index is 12.7. The summed E-state index contributed by atoms with van der Waals surface area (Å²) in [6, 6.07) is 11.1. The van der Waals surface area contributed by atoms with E-state index in [0.29, 0.717) is 17.1 Å². The maximum Gasteiger partial charge on any atom is 0.193 e. The zero-order valence-corrected chi connectivity index (χ0v) is 12.2. The van der Waals surface area contributed by atoms with Gasteiger partial charge in [0, 0.05) is 17.2 Å². The lowest BCUT2D eigenvalue weighted by Gasteiger charge is -2.11. The molecule has 0 saturated heterocycles. The molecule has 104 valence electrons. The van der Waals surface area contributed by atoms with Gasteiger partial charge in [-0.05, 0) is 37.1 Å². The van der Waals surface area contributed by atoms with Gasteiger partial charge in [-0.25, -0.2) is 0 Å². The largest absolute Gasteiger partial charge is 0.497 e. The van der Waals surface area contributed by atoms with Crippen LogP contribution in [0.2, 0.25) is 0 Å². The Hall–Kier alpha value is -2.29. The molecule has 0 aliphatic rings. The Morgan fingerprint density at radius 2 is 1.40 bits per heavy atom. The number of methoxy groups -OCH3 is 2. The lowest BCUT2D eigenvalue weighted by molar-refractivity contribution is 0.103. The molecule has 20 heavy (non-hydrogen) atoms. The summed E-state index contributed by atoms with van der Waals surface area (Å²) in [6.07, 6.45) is 0. The van der Waals surface area contributed by atoms with Crippen LogP contribution >= 0.6 is 0 Å². The Kier molecular flexibility index (Phi) is 4.08. The van der Waals surface area contributed by atoms with E-state index in [4.69, 9.17) is 9.47 Å². The van der Waals surface area contributed by atoms with Crippen LogP contribution in [0, 0.1) is 13.8 Å². The number of carbonyl (C=O) groups excluding carboxylic acids is 1. The van der Waals surface area contributed by atoms with Crippen LogP contribution in [0.4, 0.5) is 0 Å². The summed E-state index contributed by atoms with van der Waals surface area (Å²) >= 11 is 0. The highest BCUT2D eigenvalue weighted by molar-refractivity contribution is 6.11. The van der Waals surface area contributed by atoms with Crippen LogP contribution in [0.25, 0.3) is 0 Å². The molecule has 0 aliphatic carbocycles. The van der Waals surface area contributed by atoms with E-state index in [0.717, 1.165) is 16.7 Å². The van der Waals surface area contributed by atoms with Gasteiger partial charge in [-0.15, -0.1) is 0 Å². The predicted octanol–water partition coefficient (Wildman–Crippen LogP) is 3.55. The second-order valence-corrected chi connectivity index (χ2v) is 4.70. The van der Waals surface area contributed by atoms with E-state index in [1.807, 2.05) is 32.0 Å². The molecule has 0 amide bonds. The Morgan fingerprint density at radius 1 is 0.900 bits per heavy atom. The molecule has 0 bridgehead atoms. The van der Waals surface area contributed by atoms with Crippen LogP contribution in [0.15, 0.2) is 36.4 Å². The van der Waals surface area contributed by atoms with E-state index in [9.17, 15) is 4.79 Å². The molecule has 2 aromatic carbocycles. The van der Waals surface area contributed by atoms with Gasteiger partial charge in [0.15, 0.2) is 5.78 Å². The van der Waals surface area contributed by atoms with Crippen LogP contribution in [-0.2, 0) is 0 Å². The zero-order valence-electron chi connectivity index (χ0n) is 12.2. The van der Waals surface area contributed by atoms with Crippen molar-refractivity contribution >= 4 is 5.78 Å².